The van der Waals surface area contributed by atoms with Gasteiger partial charge in [0, 0.05) is 0 Å². The van der Waals surface area contributed by atoms with E-state index in [1.54, 1.807) is 6.07 Å². The Morgan fingerprint density at radius 1 is 1.73 bits per heavy atom. The van der Waals surface area contributed by atoms with E-state index < -0.39 is 5.82 Å². The fraction of sp³-hybridized carbons (Fsp3) is 0.143. The van der Waals surface area contributed by atoms with E-state index in [9.17, 15) is 4.39 Å². The highest BCUT2D eigenvalue weighted by Gasteiger charge is 2.05. The lowest BCUT2D eigenvalue weighted by Gasteiger charge is -1.96. The van der Waals surface area contributed by atoms with Gasteiger partial charge in [-0.1, -0.05) is 11.6 Å². The van der Waals surface area contributed by atoms with Crippen molar-refractivity contribution >= 4 is 11.6 Å². The highest BCUT2D eigenvalue weighted by Crippen LogP contribution is 2.14. The van der Waals surface area contributed by atoms with Crippen LogP contribution in [0.2, 0.25) is 5.15 Å². The fourth-order valence-electron chi connectivity index (χ4n) is 0.630. The van der Waals surface area contributed by atoms with Crippen LogP contribution in [0.3, 0.4) is 0 Å². The van der Waals surface area contributed by atoms with E-state index in [2.05, 4.69) is 4.98 Å². The summed E-state index contributed by atoms with van der Waals surface area (Å²) in [6, 6.07) is 2.80. The molecule has 0 aromatic carbocycles. The smallest absolute Gasteiger partial charge is 0.147 e. The van der Waals surface area contributed by atoms with Crippen LogP contribution in [0, 0.1) is 24.1 Å². The van der Waals surface area contributed by atoms with Gasteiger partial charge in [0.05, 0.1) is 11.3 Å². The minimum atomic E-state index is -0.508. The second-order valence-electron chi connectivity index (χ2n) is 2.01. The molecule has 1 aromatic heterocycles. The molecular formula is C7H4ClFN2. The Bertz CT molecular complexity index is 330. The van der Waals surface area contributed by atoms with Gasteiger partial charge in [-0.25, -0.2) is 9.37 Å². The first kappa shape index (κ1) is 7.96. The predicted octanol–water partition coefficient (Wildman–Crippen LogP) is 2.05. The lowest BCUT2D eigenvalue weighted by atomic mass is 10.3. The van der Waals surface area contributed by atoms with Crippen LogP contribution in [-0.2, 0) is 0 Å². The number of pyridine rings is 1. The van der Waals surface area contributed by atoms with E-state index >= 15 is 0 Å². The highest BCUT2D eigenvalue weighted by molar-refractivity contribution is 6.30. The molecule has 0 unspecified atom stereocenters. The van der Waals surface area contributed by atoms with Crippen molar-refractivity contribution < 1.29 is 4.39 Å². The Kier molecular flexibility index (Phi) is 2.06. The summed E-state index contributed by atoms with van der Waals surface area (Å²) in [7, 11) is 0. The van der Waals surface area contributed by atoms with Crippen LogP contribution in [0.15, 0.2) is 6.07 Å². The predicted molar refractivity (Wildman–Crippen MR) is 38.7 cm³/mol. The molecule has 0 aliphatic heterocycles. The van der Waals surface area contributed by atoms with Crippen LogP contribution in [-0.4, -0.2) is 4.98 Å². The lowest BCUT2D eigenvalue weighted by Crippen LogP contribution is -1.91. The van der Waals surface area contributed by atoms with Gasteiger partial charge in [0.1, 0.15) is 17.0 Å². The van der Waals surface area contributed by atoms with E-state index in [0.717, 1.165) is 6.07 Å². The van der Waals surface area contributed by atoms with Crippen molar-refractivity contribution in [2.24, 2.45) is 0 Å². The Labute approximate surface area is 68.2 Å². The van der Waals surface area contributed by atoms with Crippen LogP contribution in [0.5, 0.6) is 0 Å². The van der Waals surface area contributed by atoms with Crippen molar-refractivity contribution in [3.63, 3.8) is 0 Å². The molecular weight excluding hydrogens is 167 g/mol. The third kappa shape index (κ3) is 1.47. The number of hydrogen-bond donors (Lipinski definition) is 0. The normalized spacial score (nSPS) is 9.27. The van der Waals surface area contributed by atoms with Gasteiger partial charge in [0.2, 0.25) is 0 Å². The van der Waals surface area contributed by atoms with Crippen LogP contribution in [0.25, 0.3) is 0 Å². The summed E-state index contributed by atoms with van der Waals surface area (Å²) >= 11 is 5.50. The number of aryl methyl sites for hydroxylation is 1. The van der Waals surface area contributed by atoms with Crippen LogP contribution in [0.4, 0.5) is 4.39 Å². The molecule has 0 bridgehead atoms. The molecule has 0 aliphatic carbocycles. The second-order valence-corrected chi connectivity index (χ2v) is 2.36. The van der Waals surface area contributed by atoms with E-state index in [4.69, 9.17) is 16.9 Å². The van der Waals surface area contributed by atoms with Gasteiger partial charge < -0.3 is 0 Å². The van der Waals surface area contributed by atoms with Crippen molar-refractivity contribution in [1.82, 2.24) is 4.98 Å². The van der Waals surface area contributed by atoms with E-state index in [-0.39, 0.29) is 16.4 Å². The zero-order valence-corrected chi connectivity index (χ0v) is 6.48. The first-order chi connectivity index (χ1) is 5.15. The number of rotatable bonds is 0. The number of nitriles is 1. The molecule has 1 aromatic rings. The number of nitrogens with zero attached hydrogens (tertiary/aromatic N) is 2. The first-order valence-corrected chi connectivity index (χ1v) is 3.25. The molecule has 0 N–H and O–H groups in total. The Morgan fingerprint density at radius 3 is 2.91 bits per heavy atom. The standard InChI is InChI=1S/C7H4ClFN2/c1-4-6(9)2-5(3-10)7(8)11-4/h2H,1H3. The number of aromatic nitrogens is 1. The topological polar surface area (TPSA) is 36.7 Å². The molecule has 1 heterocycles. The minimum Gasteiger partial charge on any atom is -0.237 e. The summed E-state index contributed by atoms with van der Waals surface area (Å²) in [5.41, 5.74) is 0.267. The Hall–Kier alpha value is -1.14. The van der Waals surface area contributed by atoms with Crippen molar-refractivity contribution in [2.45, 2.75) is 6.92 Å². The summed E-state index contributed by atoms with van der Waals surface area (Å²) in [4.78, 5) is 3.61. The lowest BCUT2D eigenvalue weighted by molar-refractivity contribution is 0.609. The molecule has 4 heteroatoms. The van der Waals surface area contributed by atoms with E-state index in [1.165, 1.54) is 6.92 Å². The molecule has 0 aliphatic rings. The monoisotopic (exact) mass is 170 g/mol. The van der Waals surface area contributed by atoms with E-state index in [0.29, 0.717) is 0 Å². The third-order valence-corrected chi connectivity index (χ3v) is 1.51. The molecule has 0 amide bonds. The molecule has 0 fully saturated rings. The molecule has 0 radical (unpaired) electrons. The average molecular weight is 171 g/mol. The second kappa shape index (κ2) is 2.85. The van der Waals surface area contributed by atoms with Gasteiger partial charge in [0.15, 0.2) is 0 Å². The van der Waals surface area contributed by atoms with Crippen molar-refractivity contribution in [1.29, 1.82) is 5.26 Å². The maximum absolute atomic E-state index is 12.7. The quantitative estimate of drug-likeness (QED) is 0.559. The maximum Gasteiger partial charge on any atom is 0.147 e. The summed E-state index contributed by atoms with van der Waals surface area (Å²) in [5.74, 6) is -0.508. The van der Waals surface area contributed by atoms with Gasteiger partial charge >= 0.3 is 0 Å². The van der Waals surface area contributed by atoms with Gasteiger partial charge in [-0.3, -0.25) is 0 Å². The summed E-state index contributed by atoms with van der Waals surface area (Å²) in [5, 5.41) is 8.44. The van der Waals surface area contributed by atoms with Crippen molar-refractivity contribution in [3.8, 4) is 6.07 Å². The largest absolute Gasteiger partial charge is 0.237 e. The molecule has 56 valence electrons. The zero-order valence-electron chi connectivity index (χ0n) is 5.73. The van der Waals surface area contributed by atoms with Crippen molar-refractivity contribution in [3.05, 3.63) is 28.3 Å². The molecule has 0 spiro atoms. The van der Waals surface area contributed by atoms with Crippen LogP contribution >= 0.6 is 11.6 Å². The maximum atomic E-state index is 12.7. The average Bonchev–Trinajstić information content (AvgIpc) is 1.97. The van der Waals surface area contributed by atoms with E-state index in [1.807, 2.05) is 0 Å². The fourth-order valence-corrected chi connectivity index (χ4v) is 0.854. The third-order valence-electron chi connectivity index (χ3n) is 1.23. The van der Waals surface area contributed by atoms with Crippen LogP contribution in [0.1, 0.15) is 11.3 Å². The molecule has 0 saturated carbocycles. The first-order valence-electron chi connectivity index (χ1n) is 2.88. The Balaban J connectivity index is 3.35. The number of hydrogen-bond acceptors (Lipinski definition) is 2. The minimum absolute atomic E-state index is 0.0476. The molecule has 0 atom stereocenters. The zero-order chi connectivity index (χ0) is 8.43. The molecule has 1 rings (SSSR count). The Morgan fingerprint density at radius 2 is 2.36 bits per heavy atom. The van der Waals surface area contributed by atoms with Gasteiger partial charge in [-0.2, -0.15) is 5.26 Å². The highest BCUT2D eigenvalue weighted by atomic mass is 35.5. The summed E-state index contributed by atoms with van der Waals surface area (Å²) in [6.45, 7) is 1.49. The molecule has 2 nitrogen and oxygen atoms in total. The summed E-state index contributed by atoms with van der Waals surface area (Å²) in [6.07, 6.45) is 0. The SMILES string of the molecule is Cc1nc(Cl)c(C#N)cc1F. The molecule has 11 heavy (non-hydrogen) atoms. The van der Waals surface area contributed by atoms with Crippen molar-refractivity contribution in [2.75, 3.05) is 0 Å². The van der Waals surface area contributed by atoms with Gasteiger partial charge in [-0.15, -0.1) is 0 Å². The van der Waals surface area contributed by atoms with Crippen LogP contribution < -0.4 is 0 Å². The summed E-state index contributed by atoms with van der Waals surface area (Å²) < 4.78 is 12.7. The molecule has 0 saturated heterocycles. The van der Waals surface area contributed by atoms with Gasteiger partial charge in [-0.05, 0) is 13.0 Å². The van der Waals surface area contributed by atoms with Gasteiger partial charge in [0.25, 0.3) is 0 Å². The number of halogens is 2.